The Kier molecular flexibility index (Phi) is 6.44. The van der Waals surface area contributed by atoms with Crippen LogP contribution in [0.3, 0.4) is 0 Å². The summed E-state index contributed by atoms with van der Waals surface area (Å²) in [5.41, 5.74) is 4.64. The number of hydroxylamine groups is 2. The van der Waals surface area contributed by atoms with Gasteiger partial charge in [0.2, 0.25) is 0 Å². The van der Waals surface area contributed by atoms with Crippen molar-refractivity contribution in [2.24, 2.45) is 5.92 Å². The summed E-state index contributed by atoms with van der Waals surface area (Å²) < 4.78 is 14.3. The first kappa shape index (κ1) is 19.1. The van der Waals surface area contributed by atoms with Crippen molar-refractivity contribution < 1.29 is 9.23 Å². The van der Waals surface area contributed by atoms with Gasteiger partial charge in [0, 0.05) is 19.0 Å². The van der Waals surface area contributed by atoms with Crippen molar-refractivity contribution in [2.75, 3.05) is 20.2 Å². The Morgan fingerprint density at radius 3 is 2.35 bits per heavy atom. The molecule has 1 aliphatic carbocycles. The highest BCUT2D eigenvalue weighted by atomic mass is 19.1. The van der Waals surface area contributed by atoms with Crippen molar-refractivity contribution in [2.45, 2.75) is 45.4 Å². The molecule has 0 aromatic heterocycles. The zero-order valence-corrected chi connectivity index (χ0v) is 16.2. The smallest absolute Gasteiger partial charge is 0.126 e. The van der Waals surface area contributed by atoms with Crippen molar-refractivity contribution in [3.63, 3.8) is 0 Å². The Balaban J connectivity index is 1.86. The lowest BCUT2D eigenvalue weighted by atomic mass is 9.84. The van der Waals surface area contributed by atoms with E-state index in [0.717, 1.165) is 24.6 Å². The number of rotatable bonds is 8. The van der Waals surface area contributed by atoms with Crippen molar-refractivity contribution in [1.82, 2.24) is 5.06 Å². The highest BCUT2D eigenvalue weighted by Gasteiger charge is 2.25. The minimum atomic E-state index is -0.119. The van der Waals surface area contributed by atoms with E-state index in [9.17, 15) is 4.39 Å². The van der Waals surface area contributed by atoms with Crippen LogP contribution in [0.15, 0.2) is 42.5 Å². The highest BCUT2D eigenvalue weighted by molar-refractivity contribution is 5.38. The number of aryl methyl sites for hydroxylation is 2. The van der Waals surface area contributed by atoms with E-state index in [4.69, 9.17) is 4.84 Å². The van der Waals surface area contributed by atoms with Gasteiger partial charge in [0.05, 0.1) is 7.11 Å². The van der Waals surface area contributed by atoms with Gasteiger partial charge in [-0.2, -0.15) is 5.06 Å². The Morgan fingerprint density at radius 1 is 1.08 bits per heavy atom. The quantitative estimate of drug-likeness (QED) is 0.585. The molecule has 1 atom stereocenters. The number of hydrogen-bond donors (Lipinski definition) is 0. The number of hydrogen-bond acceptors (Lipinski definition) is 2. The fourth-order valence-corrected chi connectivity index (χ4v) is 4.09. The number of halogens is 1. The van der Waals surface area contributed by atoms with Crippen LogP contribution in [-0.4, -0.2) is 25.3 Å². The lowest BCUT2D eigenvalue weighted by molar-refractivity contribution is -0.147. The Morgan fingerprint density at radius 2 is 1.77 bits per heavy atom. The molecule has 0 aliphatic heterocycles. The second-order valence-corrected chi connectivity index (χ2v) is 7.62. The molecule has 140 valence electrons. The standard InChI is InChI=1S/C23H30FNO/c1-17-8-6-9-18(2)23(17)21(14-20-12-4-5-13-22(20)24)16-25(26-3)15-19-10-7-11-19/h4-6,8-9,12-13,19,21H,7,10-11,14-16H2,1-3H3. The van der Waals surface area contributed by atoms with Crippen molar-refractivity contribution in [3.8, 4) is 0 Å². The van der Waals surface area contributed by atoms with Gasteiger partial charge in [-0.25, -0.2) is 4.39 Å². The zero-order chi connectivity index (χ0) is 18.5. The summed E-state index contributed by atoms with van der Waals surface area (Å²) in [6.45, 7) is 6.06. The summed E-state index contributed by atoms with van der Waals surface area (Å²) in [6, 6.07) is 13.5. The Bertz CT molecular complexity index is 706. The van der Waals surface area contributed by atoms with Crippen LogP contribution in [0.1, 0.15) is 47.4 Å². The molecule has 0 saturated heterocycles. The van der Waals surface area contributed by atoms with Crippen LogP contribution in [-0.2, 0) is 11.3 Å². The molecular formula is C23H30FNO. The summed E-state index contributed by atoms with van der Waals surface area (Å²) in [4.78, 5) is 5.70. The fourth-order valence-electron chi connectivity index (χ4n) is 4.09. The second-order valence-electron chi connectivity index (χ2n) is 7.62. The van der Waals surface area contributed by atoms with Crippen LogP contribution in [0.25, 0.3) is 0 Å². The summed E-state index contributed by atoms with van der Waals surface area (Å²) in [7, 11) is 1.75. The SMILES string of the molecule is CON(CC1CCC1)CC(Cc1ccccc1F)c1c(C)cccc1C. The van der Waals surface area contributed by atoms with Gasteiger partial charge < -0.3 is 4.84 Å². The molecule has 1 fully saturated rings. The van der Waals surface area contributed by atoms with Gasteiger partial charge in [0.25, 0.3) is 0 Å². The van der Waals surface area contributed by atoms with Crippen molar-refractivity contribution in [3.05, 3.63) is 70.5 Å². The number of benzene rings is 2. The third kappa shape index (κ3) is 4.52. The third-order valence-electron chi connectivity index (χ3n) is 5.74. The topological polar surface area (TPSA) is 12.5 Å². The van der Waals surface area contributed by atoms with Crippen LogP contribution in [0.2, 0.25) is 0 Å². The summed E-state index contributed by atoms with van der Waals surface area (Å²) in [5, 5.41) is 2.08. The molecule has 2 aromatic carbocycles. The maximum Gasteiger partial charge on any atom is 0.126 e. The molecule has 1 unspecified atom stereocenters. The molecule has 3 rings (SSSR count). The minimum absolute atomic E-state index is 0.119. The zero-order valence-electron chi connectivity index (χ0n) is 16.2. The van der Waals surface area contributed by atoms with Gasteiger partial charge >= 0.3 is 0 Å². The molecule has 0 bridgehead atoms. The number of nitrogens with zero attached hydrogens (tertiary/aromatic N) is 1. The van der Waals surface area contributed by atoms with E-state index in [1.54, 1.807) is 19.2 Å². The molecule has 0 heterocycles. The third-order valence-corrected chi connectivity index (χ3v) is 5.74. The van der Waals surface area contributed by atoms with Crippen LogP contribution in [0.5, 0.6) is 0 Å². The molecule has 3 heteroatoms. The van der Waals surface area contributed by atoms with Crippen molar-refractivity contribution in [1.29, 1.82) is 0 Å². The average molecular weight is 355 g/mol. The molecule has 0 N–H and O–H groups in total. The van der Waals surface area contributed by atoms with E-state index in [2.05, 4.69) is 37.1 Å². The molecule has 0 spiro atoms. The van der Waals surface area contributed by atoms with E-state index >= 15 is 0 Å². The Labute approximate surface area is 156 Å². The summed E-state index contributed by atoms with van der Waals surface area (Å²) in [6.07, 6.45) is 4.60. The van der Waals surface area contributed by atoms with E-state index in [0.29, 0.717) is 6.42 Å². The fraction of sp³-hybridized carbons (Fsp3) is 0.478. The van der Waals surface area contributed by atoms with Crippen LogP contribution in [0, 0.1) is 25.6 Å². The lowest BCUT2D eigenvalue weighted by Crippen LogP contribution is -2.35. The van der Waals surface area contributed by atoms with Gasteiger partial charge in [-0.15, -0.1) is 0 Å². The predicted octanol–water partition coefficient (Wildman–Crippen LogP) is 5.43. The summed E-state index contributed by atoms with van der Waals surface area (Å²) in [5.74, 6) is 0.821. The largest absolute Gasteiger partial charge is 0.302 e. The molecule has 0 amide bonds. The first-order chi connectivity index (χ1) is 12.6. The predicted molar refractivity (Wildman–Crippen MR) is 105 cm³/mol. The van der Waals surface area contributed by atoms with Gasteiger partial charge in [-0.3, -0.25) is 0 Å². The van der Waals surface area contributed by atoms with Gasteiger partial charge in [-0.1, -0.05) is 42.8 Å². The van der Waals surface area contributed by atoms with Crippen molar-refractivity contribution >= 4 is 0 Å². The molecule has 26 heavy (non-hydrogen) atoms. The van der Waals surface area contributed by atoms with Gasteiger partial charge in [0.1, 0.15) is 5.82 Å². The van der Waals surface area contributed by atoms with E-state index in [-0.39, 0.29) is 11.7 Å². The normalized spacial score (nSPS) is 15.9. The van der Waals surface area contributed by atoms with Gasteiger partial charge in [0.15, 0.2) is 0 Å². The average Bonchev–Trinajstić information content (AvgIpc) is 2.58. The van der Waals surface area contributed by atoms with Gasteiger partial charge in [-0.05, 0) is 67.3 Å². The molecule has 0 radical (unpaired) electrons. The molecule has 2 nitrogen and oxygen atoms in total. The lowest BCUT2D eigenvalue weighted by Gasteiger charge is -2.33. The first-order valence-electron chi connectivity index (χ1n) is 9.67. The molecular weight excluding hydrogens is 325 g/mol. The Hall–Kier alpha value is -1.71. The molecule has 2 aromatic rings. The molecule has 1 saturated carbocycles. The maximum absolute atomic E-state index is 14.3. The molecule has 1 aliphatic rings. The van der Waals surface area contributed by atoms with E-state index in [1.165, 1.54) is 36.0 Å². The van der Waals surface area contributed by atoms with Crippen LogP contribution >= 0.6 is 0 Å². The minimum Gasteiger partial charge on any atom is -0.302 e. The van der Waals surface area contributed by atoms with Crippen LogP contribution < -0.4 is 0 Å². The van der Waals surface area contributed by atoms with Crippen LogP contribution in [0.4, 0.5) is 4.39 Å². The first-order valence-corrected chi connectivity index (χ1v) is 9.67. The maximum atomic E-state index is 14.3. The van der Waals surface area contributed by atoms with E-state index in [1.807, 2.05) is 12.1 Å². The highest BCUT2D eigenvalue weighted by Crippen LogP contribution is 2.31. The monoisotopic (exact) mass is 355 g/mol. The second kappa shape index (κ2) is 8.79. The summed E-state index contributed by atoms with van der Waals surface area (Å²) >= 11 is 0. The van der Waals surface area contributed by atoms with E-state index < -0.39 is 0 Å².